The number of nitrogens with zero attached hydrogens (tertiary/aromatic N) is 1. The first-order chi connectivity index (χ1) is 16.2. The molecule has 0 bridgehead atoms. The molecule has 0 amide bonds. The first-order valence-corrected chi connectivity index (χ1v) is 13.5. The molecule has 0 aromatic carbocycles. The monoisotopic (exact) mass is 507 g/mol. The molecule has 3 rings (SSSR count). The molecule has 7 nitrogen and oxygen atoms in total. The van der Waals surface area contributed by atoms with Gasteiger partial charge in [0.25, 0.3) is 0 Å². The molecule has 1 aromatic rings. The summed E-state index contributed by atoms with van der Waals surface area (Å²) in [5, 5.41) is 24.6. The quantitative estimate of drug-likeness (QED) is 0.449. The van der Waals surface area contributed by atoms with E-state index in [0.717, 1.165) is 35.5 Å². The van der Waals surface area contributed by atoms with Crippen LogP contribution in [0.15, 0.2) is 11.0 Å². The van der Waals surface area contributed by atoms with Gasteiger partial charge in [0.1, 0.15) is 11.9 Å². The van der Waals surface area contributed by atoms with E-state index < -0.39 is 35.6 Å². The molecule has 0 saturated carbocycles. The third-order valence-corrected chi connectivity index (χ3v) is 8.72. The number of aromatic nitrogens is 1. The Morgan fingerprint density at radius 1 is 1.23 bits per heavy atom. The average molecular weight is 508 g/mol. The lowest BCUT2D eigenvalue weighted by molar-refractivity contribution is -0.154. The van der Waals surface area contributed by atoms with Gasteiger partial charge in [-0.3, -0.25) is 9.59 Å². The van der Waals surface area contributed by atoms with Gasteiger partial charge in [-0.05, 0) is 51.2 Å². The normalized spacial score (nSPS) is 37.5. The van der Waals surface area contributed by atoms with Crippen molar-refractivity contribution < 1.29 is 29.3 Å². The fourth-order valence-corrected chi connectivity index (χ4v) is 5.64. The number of ketones is 1. The molecule has 0 spiro atoms. The number of aliphatic hydroxyl groups is 2. The van der Waals surface area contributed by atoms with Crippen LogP contribution in [0.5, 0.6) is 0 Å². The van der Waals surface area contributed by atoms with Crippen molar-refractivity contribution in [3.8, 4) is 0 Å². The fraction of sp³-hybridized carbons (Fsp3) is 0.741. The molecular formula is C27H41NO6S. The minimum Gasteiger partial charge on any atom is -0.458 e. The second kappa shape index (κ2) is 10.8. The van der Waals surface area contributed by atoms with Gasteiger partial charge in [0.2, 0.25) is 0 Å². The molecule has 0 radical (unpaired) electrons. The van der Waals surface area contributed by atoms with Crippen molar-refractivity contribution in [3.63, 3.8) is 0 Å². The summed E-state index contributed by atoms with van der Waals surface area (Å²) < 4.78 is 11.9. The van der Waals surface area contributed by atoms with Gasteiger partial charge < -0.3 is 19.7 Å². The maximum atomic E-state index is 13.2. The average Bonchev–Trinajstić information content (AvgIpc) is 3.22. The number of epoxide rings is 1. The highest BCUT2D eigenvalue weighted by atomic mass is 32.1. The predicted molar refractivity (Wildman–Crippen MR) is 136 cm³/mol. The van der Waals surface area contributed by atoms with E-state index in [-0.39, 0.29) is 29.8 Å². The van der Waals surface area contributed by atoms with Gasteiger partial charge >= 0.3 is 5.97 Å². The van der Waals surface area contributed by atoms with Crippen LogP contribution in [-0.4, -0.2) is 57.0 Å². The number of fused-ring (bicyclic) bond motifs is 1. The van der Waals surface area contributed by atoms with Crippen molar-refractivity contribution in [2.24, 2.45) is 17.3 Å². The topological polar surface area (TPSA) is 109 Å². The summed E-state index contributed by atoms with van der Waals surface area (Å²) in [5.74, 6) is -1.55. The molecule has 2 saturated heterocycles. The van der Waals surface area contributed by atoms with Crippen molar-refractivity contribution in [2.45, 2.75) is 111 Å². The summed E-state index contributed by atoms with van der Waals surface area (Å²) >= 11 is 1.56. The van der Waals surface area contributed by atoms with Crippen LogP contribution in [0.2, 0.25) is 0 Å². The predicted octanol–water partition coefficient (Wildman–Crippen LogP) is 4.48. The largest absolute Gasteiger partial charge is 0.458 e. The lowest BCUT2D eigenvalue weighted by Crippen LogP contribution is -2.45. The van der Waals surface area contributed by atoms with Gasteiger partial charge in [-0.2, -0.15) is 0 Å². The summed E-state index contributed by atoms with van der Waals surface area (Å²) in [5.41, 5.74) is 0.179. The van der Waals surface area contributed by atoms with Gasteiger partial charge in [-0.25, -0.2) is 4.98 Å². The zero-order chi connectivity index (χ0) is 26.1. The van der Waals surface area contributed by atoms with Crippen LogP contribution in [0.3, 0.4) is 0 Å². The summed E-state index contributed by atoms with van der Waals surface area (Å²) in [4.78, 5) is 30.6. The van der Waals surface area contributed by atoms with Gasteiger partial charge in [0, 0.05) is 17.7 Å². The molecule has 196 valence electrons. The molecule has 2 N–H and O–H groups in total. The second-order valence-electron chi connectivity index (χ2n) is 11.3. The maximum absolute atomic E-state index is 13.2. The Morgan fingerprint density at radius 2 is 1.91 bits per heavy atom. The molecule has 0 aliphatic carbocycles. The summed E-state index contributed by atoms with van der Waals surface area (Å²) in [7, 11) is 0. The minimum atomic E-state index is -1.23. The van der Waals surface area contributed by atoms with E-state index in [1.54, 1.807) is 32.1 Å². The van der Waals surface area contributed by atoms with Crippen LogP contribution in [0.25, 0.3) is 6.08 Å². The molecule has 1 aromatic heterocycles. The first-order valence-electron chi connectivity index (χ1n) is 12.6. The van der Waals surface area contributed by atoms with Crippen LogP contribution in [-0.2, 0) is 19.1 Å². The zero-order valence-electron chi connectivity index (χ0n) is 22.0. The van der Waals surface area contributed by atoms with E-state index in [1.807, 2.05) is 32.2 Å². The van der Waals surface area contributed by atoms with E-state index in [1.165, 1.54) is 0 Å². The van der Waals surface area contributed by atoms with Crippen molar-refractivity contribution >= 4 is 29.2 Å². The Morgan fingerprint density at radius 3 is 2.54 bits per heavy atom. The number of esters is 1. The van der Waals surface area contributed by atoms with Crippen molar-refractivity contribution in [2.75, 3.05) is 0 Å². The number of carbonyl (C=O) groups is 2. The lowest BCUT2D eigenvalue weighted by atomic mass is 9.73. The highest BCUT2D eigenvalue weighted by Gasteiger charge is 2.53. The Labute approximate surface area is 212 Å². The highest BCUT2D eigenvalue weighted by molar-refractivity contribution is 7.09. The van der Waals surface area contributed by atoms with Gasteiger partial charge in [0.05, 0.1) is 46.5 Å². The SMILES string of the molecule is CC(=Cc1csc(C)n1)[C@@H]1C[C@@H]2O[C@]2(C)CCCC(C)C(O)C(C)C(=O)C(C)(C)C(O)CC(=O)O1. The number of ether oxygens (including phenoxy) is 2. The smallest absolute Gasteiger partial charge is 0.309 e. The molecule has 2 aliphatic heterocycles. The summed E-state index contributed by atoms with van der Waals surface area (Å²) in [6.07, 6.45) is 1.98. The number of hydrogen-bond acceptors (Lipinski definition) is 8. The standard InChI is InChI=1S/C27H41NO6S/c1-15-9-8-10-27(7)22(34-27)12-20(16(2)11-19-14-35-18(4)28-19)33-23(30)13-21(29)26(5,6)25(32)17(3)24(15)31/h11,14-15,17,20-22,24,29,31H,8-10,12-13H2,1-7H3/t15?,17?,20-,21?,22-,24?,27+/m0/s1. The molecule has 8 heteroatoms. The van der Waals surface area contributed by atoms with E-state index in [9.17, 15) is 19.8 Å². The molecule has 2 aliphatic rings. The van der Waals surface area contributed by atoms with E-state index >= 15 is 0 Å². The Balaban J connectivity index is 1.85. The first kappa shape index (κ1) is 28.0. The number of rotatable bonds is 2. The van der Waals surface area contributed by atoms with Crippen LogP contribution in [0.1, 0.15) is 84.3 Å². The van der Waals surface area contributed by atoms with Crippen LogP contribution in [0, 0.1) is 24.2 Å². The number of cyclic esters (lactones) is 1. The van der Waals surface area contributed by atoms with Gasteiger partial charge in [0.15, 0.2) is 0 Å². The summed E-state index contributed by atoms with van der Waals surface area (Å²) in [6, 6.07) is 0. The molecule has 4 unspecified atom stereocenters. The Bertz CT molecular complexity index is 955. The molecule has 35 heavy (non-hydrogen) atoms. The molecular weight excluding hydrogens is 466 g/mol. The van der Waals surface area contributed by atoms with Crippen LogP contribution < -0.4 is 0 Å². The van der Waals surface area contributed by atoms with Crippen molar-refractivity contribution in [1.82, 2.24) is 4.98 Å². The lowest BCUT2D eigenvalue weighted by Gasteiger charge is -2.34. The number of carbonyl (C=O) groups excluding carboxylic acids is 2. The third-order valence-electron chi connectivity index (χ3n) is 7.93. The minimum absolute atomic E-state index is 0.0455. The number of aliphatic hydroxyl groups excluding tert-OH is 2. The van der Waals surface area contributed by atoms with Crippen LogP contribution >= 0.6 is 11.3 Å². The number of Topliss-reactive ketones (excluding diaryl/α,β-unsaturated/α-hetero) is 1. The van der Waals surface area contributed by atoms with Gasteiger partial charge in [-0.15, -0.1) is 11.3 Å². The Kier molecular flexibility index (Phi) is 8.62. The summed E-state index contributed by atoms with van der Waals surface area (Å²) in [6.45, 7) is 12.8. The number of thiazole rings is 1. The van der Waals surface area contributed by atoms with Crippen LogP contribution in [0.4, 0.5) is 0 Å². The maximum Gasteiger partial charge on any atom is 0.309 e. The molecule has 7 atom stereocenters. The highest BCUT2D eigenvalue weighted by Crippen LogP contribution is 2.45. The van der Waals surface area contributed by atoms with Crippen molar-refractivity contribution in [3.05, 3.63) is 21.7 Å². The third kappa shape index (κ3) is 6.59. The van der Waals surface area contributed by atoms with E-state index in [0.29, 0.717) is 6.42 Å². The zero-order valence-corrected chi connectivity index (χ0v) is 22.9. The Hall–Kier alpha value is -1.61. The fourth-order valence-electron chi connectivity index (χ4n) is 5.07. The van der Waals surface area contributed by atoms with Crippen molar-refractivity contribution in [1.29, 1.82) is 0 Å². The molecule has 3 heterocycles. The number of hydrogen-bond donors (Lipinski definition) is 2. The number of aryl methyl sites for hydroxylation is 1. The van der Waals surface area contributed by atoms with Gasteiger partial charge in [-0.1, -0.05) is 34.1 Å². The molecule has 2 fully saturated rings. The van der Waals surface area contributed by atoms with E-state index in [2.05, 4.69) is 11.9 Å². The van der Waals surface area contributed by atoms with E-state index in [4.69, 9.17) is 9.47 Å². The second-order valence-corrected chi connectivity index (χ2v) is 12.3.